The lowest BCUT2D eigenvalue weighted by atomic mass is 9.66. The van der Waals surface area contributed by atoms with Gasteiger partial charge < -0.3 is 10.6 Å². The van der Waals surface area contributed by atoms with Gasteiger partial charge in [-0.05, 0) is 55.0 Å². The number of nitrogens with one attached hydrogen (secondary N) is 3. The summed E-state index contributed by atoms with van der Waals surface area (Å²) in [7, 11) is 1.88. The number of halogens is 3. The Bertz CT molecular complexity index is 1100. The van der Waals surface area contributed by atoms with E-state index in [1.165, 1.54) is 12.8 Å². The monoisotopic (exact) mass is 531 g/mol. The molecule has 3 atom stereocenters. The molecule has 3 N–H and O–H groups in total. The third kappa shape index (κ3) is 4.87. The second kappa shape index (κ2) is 10.9. The first-order chi connectivity index (χ1) is 17.4. The van der Waals surface area contributed by atoms with Crippen LogP contribution in [0.15, 0.2) is 36.4 Å². The van der Waals surface area contributed by atoms with E-state index in [2.05, 4.69) is 16.0 Å². The van der Waals surface area contributed by atoms with Crippen LogP contribution < -0.4 is 16.0 Å². The van der Waals surface area contributed by atoms with Crippen LogP contribution in [0.1, 0.15) is 87.2 Å². The van der Waals surface area contributed by atoms with Gasteiger partial charge in [-0.25, -0.2) is 4.39 Å². The molecule has 2 aromatic rings. The molecule has 3 fully saturated rings. The Morgan fingerprint density at radius 2 is 1.72 bits per heavy atom. The van der Waals surface area contributed by atoms with Crippen LogP contribution in [-0.2, 0) is 4.79 Å². The van der Waals surface area contributed by atoms with Crippen LogP contribution in [0.2, 0.25) is 10.0 Å². The fourth-order valence-electron chi connectivity index (χ4n) is 7.07. The smallest absolute Gasteiger partial charge is 0.238 e. The average Bonchev–Trinajstić information content (AvgIpc) is 3.20. The molecule has 5 rings (SSSR count). The number of amides is 1. The van der Waals surface area contributed by atoms with Gasteiger partial charge in [0.15, 0.2) is 0 Å². The van der Waals surface area contributed by atoms with Crippen molar-refractivity contribution in [1.82, 2.24) is 10.6 Å². The minimum Gasteiger partial charge on any atom is -0.388 e. The lowest BCUT2D eigenvalue weighted by molar-refractivity contribution is -0.124. The summed E-state index contributed by atoms with van der Waals surface area (Å²) >= 11 is 12.7. The van der Waals surface area contributed by atoms with Crippen molar-refractivity contribution < 1.29 is 9.18 Å². The summed E-state index contributed by atoms with van der Waals surface area (Å²) in [5.74, 6) is -0.982. The van der Waals surface area contributed by atoms with Crippen LogP contribution in [0.3, 0.4) is 0 Å². The van der Waals surface area contributed by atoms with Crippen molar-refractivity contribution in [3.8, 4) is 0 Å². The van der Waals surface area contributed by atoms with E-state index in [0.717, 1.165) is 62.6 Å². The largest absolute Gasteiger partial charge is 0.388 e. The molecule has 1 amide bonds. The first kappa shape index (κ1) is 25.8. The fraction of sp³-hybridized carbons (Fsp3) is 0.552. The van der Waals surface area contributed by atoms with E-state index in [1.54, 1.807) is 18.2 Å². The number of benzene rings is 2. The molecule has 1 aliphatic heterocycles. The molecule has 2 unspecified atom stereocenters. The zero-order valence-electron chi connectivity index (χ0n) is 20.9. The van der Waals surface area contributed by atoms with Gasteiger partial charge >= 0.3 is 0 Å². The second-order valence-electron chi connectivity index (χ2n) is 10.8. The molecule has 2 aromatic carbocycles. The van der Waals surface area contributed by atoms with Crippen molar-refractivity contribution in [3.05, 3.63) is 63.4 Å². The third-order valence-corrected chi connectivity index (χ3v) is 9.22. The number of carbonyl (C=O) groups excluding carboxylic acids is 1. The van der Waals surface area contributed by atoms with E-state index in [0.29, 0.717) is 10.6 Å². The van der Waals surface area contributed by atoms with E-state index in [9.17, 15) is 4.79 Å². The lowest BCUT2D eigenvalue weighted by Gasteiger charge is -2.41. The number of anilines is 1. The van der Waals surface area contributed by atoms with E-state index >= 15 is 4.39 Å². The van der Waals surface area contributed by atoms with Gasteiger partial charge in [0.1, 0.15) is 5.82 Å². The molecule has 3 aliphatic rings. The van der Waals surface area contributed by atoms with Crippen molar-refractivity contribution in [2.45, 2.75) is 93.7 Å². The molecule has 2 saturated carbocycles. The van der Waals surface area contributed by atoms with Gasteiger partial charge in [-0.1, -0.05) is 79.9 Å². The fourth-order valence-corrected chi connectivity index (χ4v) is 7.43. The average molecular weight is 533 g/mol. The maximum atomic E-state index is 15.7. The summed E-state index contributed by atoms with van der Waals surface area (Å²) in [4.78, 5) is 13.9. The molecule has 4 nitrogen and oxygen atoms in total. The highest BCUT2D eigenvalue weighted by Gasteiger charge is 2.57. The van der Waals surface area contributed by atoms with Gasteiger partial charge in [0.25, 0.3) is 0 Å². The summed E-state index contributed by atoms with van der Waals surface area (Å²) in [6, 6.07) is 10.7. The van der Waals surface area contributed by atoms with Gasteiger partial charge in [-0.3, -0.25) is 10.1 Å². The summed E-state index contributed by atoms with van der Waals surface area (Å²) in [6.07, 6.45) is 10.7. The maximum absolute atomic E-state index is 15.7. The molecule has 1 spiro atoms. The standard InChI is InChI=1S/C29H36Cl2FN3O/c1-33-23-17-18(30)13-14-20(23)25-24(21-11-8-12-22(31)26(21)32)27(35-29(25)15-6-3-7-16-29)28(36)34-19-9-4-2-5-10-19/h8,11-14,17,19,24-25,27,33,35H,2-7,9-10,15-16H2,1H3,(H,34,36)/t24-,25?,27?/m1/s1. The molecule has 0 bridgehead atoms. The molecule has 2 aliphatic carbocycles. The Morgan fingerprint density at radius 3 is 2.44 bits per heavy atom. The number of rotatable bonds is 5. The van der Waals surface area contributed by atoms with Crippen LogP contribution in [0, 0.1) is 5.82 Å². The highest BCUT2D eigenvalue weighted by Crippen LogP contribution is 2.56. The molecule has 7 heteroatoms. The molecule has 1 heterocycles. The molecule has 0 aromatic heterocycles. The predicted molar refractivity (Wildman–Crippen MR) is 146 cm³/mol. The molecule has 194 valence electrons. The van der Waals surface area contributed by atoms with Gasteiger partial charge in [0, 0.05) is 41.2 Å². The Labute approximate surface area is 223 Å². The van der Waals surface area contributed by atoms with Crippen molar-refractivity contribution in [2.24, 2.45) is 0 Å². The molecule has 36 heavy (non-hydrogen) atoms. The molecule has 0 radical (unpaired) electrons. The van der Waals surface area contributed by atoms with E-state index in [-0.39, 0.29) is 28.4 Å². The number of carbonyl (C=O) groups is 1. The van der Waals surface area contributed by atoms with E-state index < -0.39 is 17.8 Å². The molecular formula is C29H36Cl2FN3O. The van der Waals surface area contributed by atoms with Crippen LogP contribution in [-0.4, -0.2) is 30.6 Å². The highest BCUT2D eigenvalue weighted by molar-refractivity contribution is 6.31. The summed E-state index contributed by atoms with van der Waals surface area (Å²) in [5.41, 5.74) is 2.17. The lowest BCUT2D eigenvalue weighted by Crippen LogP contribution is -2.53. The Morgan fingerprint density at radius 1 is 1.00 bits per heavy atom. The quantitative estimate of drug-likeness (QED) is 0.383. The summed E-state index contributed by atoms with van der Waals surface area (Å²) < 4.78 is 15.7. The maximum Gasteiger partial charge on any atom is 0.238 e. The molecule has 1 saturated heterocycles. The minimum absolute atomic E-state index is 0.0290. The van der Waals surface area contributed by atoms with Crippen LogP contribution in [0.25, 0.3) is 0 Å². The van der Waals surface area contributed by atoms with Gasteiger partial charge in [-0.2, -0.15) is 0 Å². The van der Waals surface area contributed by atoms with Gasteiger partial charge in [0.05, 0.1) is 11.1 Å². The zero-order valence-corrected chi connectivity index (χ0v) is 22.4. The minimum atomic E-state index is -0.552. The number of hydrogen-bond acceptors (Lipinski definition) is 3. The Kier molecular flexibility index (Phi) is 7.81. The first-order valence-corrected chi connectivity index (χ1v) is 14.2. The predicted octanol–water partition coefficient (Wildman–Crippen LogP) is 7.17. The number of hydrogen-bond donors (Lipinski definition) is 3. The van der Waals surface area contributed by atoms with E-state index in [1.807, 2.05) is 25.2 Å². The van der Waals surface area contributed by atoms with Crippen molar-refractivity contribution in [1.29, 1.82) is 0 Å². The van der Waals surface area contributed by atoms with Crippen molar-refractivity contribution >= 4 is 34.8 Å². The summed E-state index contributed by atoms with van der Waals surface area (Å²) in [5, 5.41) is 11.2. The normalized spacial score (nSPS) is 26.2. The first-order valence-electron chi connectivity index (χ1n) is 13.4. The highest BCUT2D eigenvalue weighted by atomic mass is 35.5. The topological polar surface area (TPSA) is 53.2 Å². The molecular weight excluding hydrogens is 496 g/mol. The Hall–Kier alpha value is -1.82. The Balaban J connectivity index is 1.64. The van der Waals surface area contributed by atoms with Crippen molar-refractivity contribution in [3.63, 3.8) is 0 Å². The SMILES string of the molecule is CNc1cc(Cl)ccc1C1[C@@H](c2cccc(Cl)c2F)C(C(=O)NC2CCCCC2)NC12CCCCC2. The van der Waals surface area contributed by atoms with Crippen LogP contribution in [0.5, 0.6) is 0 Å². The van der Waals surface area contributed by atoms with Crippen molar-refractivity contribution in [2.75, 3.05) is 12.4 Å². The van der Waals surface area contributed by atoms with Gasteiger partial charge in [-0.15, -0.1) is 0 Å². The summed E-state index contributed by atoms with van der Waals surface area (Å²) in [6.45, 7) is 0. The van der Waals surface area contributed by atoms with Crippen LogP contribution in [0.4, 0.5) is 10.1 Å². The zero-order chi connectivity index (χ0) is 25.3. The second-order valence-corrected chi connectivity index (χ2v) is 11.7. The van der Waals surface area contributed by atoms with E-state index in [4.69, 9.17) is 23.2 Å². The van der Waals surface area contributed by atoms with Crippen LogP contribution >= 0.6 is 23.2 Å². The third-order valence-electron chi connectivity index (χ3n) is 8.70. The van der Waals surface area contributed by atoms with Gasteiger partial charge in [0.2, 0.25) is 5.91 Å².